The van der Waals surface area contributed by atoms with E-state index >= 15 is 0 Å². The molecule has 0 atom stereocenters. The Hall–Kier alpha value is -2.64. The van der Waals surface area contributed by atoms with Crippen molar-refractivity contribution in [3.05, 3.63) is 65.7 Å². The zero-order valence-corrected chi connectivity index (χ0v) is 17.6. The van der Waals surface area contributed by atoms with E-state index < -0.39 is 10.0 Å². The molecule has 7 heteroatoms. The van der Waals surface area contributed by atoms with Gasteiger partial charge in [0.05, 0.1) is 12.0 Å². The van der Waals surface area contributed by atoms with Crippen LogP contribution in [0.15, 0.2) is 59.5 Å². The van der Waals surface area contributed by atoms with Crippen molar-refractivity contribution in [3.63, 3.8) is 0 Å². The Morgan fingerprint density at radius 3 is 2.31 bits per heavy atom. The third-order valence-electron chi connectivity index (χ3n) is 4.96. The van der Waals surface area contributed by atoms with Gasteiger partial charge in [-0.1, -0.05) is 29.8 Å². The van der Waals surface area contributed by atoms with E-state index in [1.165, 1.54) is 10.4 Å². The van der Waals surface area contributed by atoms with Gasteiger partial charge in [-0.15, -0.1) is 0 Å². The van der Waals surface area contributed by atoms with Gasteiger partial charge >= 0.3 is 0 Å². The predicted molar refractivity (Wildman–Crippen MR) is 113 cm³/mol. The highest BCUT2D eigenvalue weighted by Gasteiger charge is 2.27. The van der Waals surface area contributed by atoms with Crippen molar-refractivity contribution in [2.24, 2.45) is 0 Å². The molecule has 0 bridgehead atoms. The molecule has 1 fully saturated rings. The first-order chi connectivity index (χ1) is 13.9. The lowest BCUT2D eigenvalue weighted by atomic mass is 10.2. The lowest BCUT2D eigenvalue weighted by molar-refractivity contribution is -0.125. The minimum absolute atomic E-state index is 0.115. The van der Waals surface area contributed by atoms with Gasteiger partial charge in [-0.05, 0) is 49.2 Å². The molecule has 0 spiro atoms. The molecule has 29 heavy (non-hydrogen) atoms. The molecule has 3 rings (SSSR count). The van der Waals surface area contributed by atoms with E-state index in [4.69, 9.17) is 4.74 Å². The summed E-state index contributed by atoms with van der Waals surface area (Å²) in [5.41, 5.74) is 1.91. The molecule has 2 aromatic carbocycles. The molecule has 0 aliphatic carbocycles. The molecular weight excluding hydrogens is 388 g/mol. The largest absolute Gasteiger partial charge is 0.497 e. The number of sulfonamides is 1. The number of hydrogen-bond donors (Lipinski definition) is 0. The average molecular weight is 415 g/mol. The summed E-state index contributed by atoms with van der Waals surface area (Å²) in [4.78, 5) is 14.6. The minimum atomic E-state index is -3.55. The third kappa shape index (κ3) is 5.25. The number of methoxy groups -OCH3 is 1. The average Bonchev–Trinajstić information content (AvgIpc) is 2.99. The van der Waals surface area contributed by atoms with Crippen LogP contribution in [-0.4, -0.2) is 56.8 Å². The normalized spacial score (nSPS) is 16.0. The monoisotopic (exact) mass is 414 g/mol. The Balaban J connectivity index is 1.63. The number of rotatable bonds is 5. The van der Waals surface area contributed by atoms with Crippen molar-refractivity contribution >= 4 is 22.0 Å². The standard InChI is InChI=1S/C22H26N2O4S/c1-18-4-11-21(12-5-18)29(26,27)24-15-3-14-23(16-17-24)22(25)13-8-19-6-9-20(28-2)10-7-19/h4-13H,3,14-17H2,1-2H3/b13-8+. The Bertz CT molecular complexity index is 967. The first-order valence-electron chi connectivity index (χ1n) is 9.58. The molecule has 1 amide bonds. The molecular formula is C22H26N2O4S. The fourth-order valence-electron chi connectivity index (χ4n) is 3.20. The minimum Gasteiger partial charge on any atom is -0.497 e. The maximum absolute atomic E-state index is 12.9. The Morgan fingerprint density at radius 2 is 1.66 bits per heavy atom. The fourth-order valence-corrected chi connectivity index (χ4v) is 4.67. The SMILES string of the molecule is COc1ccc(/C=C/C(=O)N2CCCN(S(=O)(=O)c3ccc(C)cc3)CC2)cc1. The van der Waals surface area contributed by atoms with Gasteiger partial charge in [0.25, 0.3) is 0 Å². The molecule has 2 aromatic rings. The number of ether oxygens (including phenoxy) is 1. The van der Waals surface area contributed by atoms with E-state index in [0.29, 0.717) is 37.5 Å². The second kappa shape index (κ2) is 9.24. The number of benzene rings is 2. The highest BCUT2D eigenvalue weighted by atomic mass is 32.2. The van der Waals surface area contributed by atoms with E-state index in [2.05, 4.69) is 0 Å². The Kier molecular flexibility index (Phi) is 6.71. The van der Waals surface area contributed by atoms with Gasteiger partial charge in [0.2, 0.25) is 15.9 Å². The number of aryl methyl sites for hydroxylation is 1. The van der Waals surface area contributed by atoms with Gasteiger partial charge in [0.15, 0.2) is 0 Å². The molecule has 0 aromatic heterocycles. The summed E-state index contributed by atoms with van der Waals surface area (Å²) in [5, 5.41) is 0. The van der Waals surface area contributed by atoms with Gasteiger partial charge in [0.1, 0.15) is 5.75 Å². The Morgan fingerprint density at radius 1 is 0.966 bits per heavy atom. The summed E-state index contributed by atoms with van der Waals surface area (Å²) in [6, 6.07) is 14.3. The van der Waals surface area contributed by atoms with Crippen LogP contribution >= 0.6 is 0 Å². The van der Waals surface area contributed by atoms with E-state index in [1.807, 2.05) is 31.2 Å². The van der Waals surface area contributed by atoms with Crippen molar-refractivity contribution in [1.29, 1.82) is 0 Å². The number of carbonyl (C=O) groups is 1. The lowest BCUT2D eigenvalue weighted by Gasteiger charge is -2.21. The van der Waals surface area contributed by atoms with Crippen molar-refractivity contribution < 1.29 is 17.9 Å². The van der Waals surface area contributed by atoms with Gasteiger partial charge in [0, 0.05) is 32.3 Å². The molecule has 1 saturated heterocycles. The van der Waals surface area contributed by atoms with Crippen LogP contribution in [0.25, 0.3) is 6.08 Å². The van der Waals surface area contributed by atoms with Crippen LogP contribution in [0.2, 0.25) is 0 Å². The number of amides is 1. The van der Waals surface area contributed by atoms with Crippen LogP contribution in [0.5, 0.6) is 5.75 Å². The van der Waals surface area contributed by atoms with Gasteiger partial charge < -0.3 is 9.64 Å². The van der Waals surface area contributed by atoms with Crippen LogP contribution in [0.3, 0.4) is 0 Å². The van der Waals surface area contributed by atoms with Crippen molar-refractivity contribution in [2.75, 3.05) is 33.3 Å². The zero-order valence-electron chi connectivity index (χ0n) is 16.7. The maximum Gasteiger partial charge on any atom is 0.246 e. The molecule has 0 N–H and O–H groups in total. The van der Waals surface area contributed by atoms with Gasteiger partial charge in [-0.25, -0.2) is 8.42 Å². The molecule has 154 valence electrons. The topological polar surface area (TPSA) is 66.9 Å². The lowest BCUT2D eigenvalue weighted by Crippen LogP contribution is -2.36. The van der Waals surface area contributed by atoms with Crippen LogP contribution in [0.1, 0.15) is 17.5 Å². The fraction of sp³-hybridized carbons (Fsp3) is 0.318. The van der Waals surface area contributed by atoms with Crippen LogP contribution in [0, 0.1) is 6.92 Å². The van der Waals surface area contributed by atoms with Crippen LogP contribution < -0.4 is 4.74 Å². The highest BCUT2D eigenvalue weighted by molar-refractivity contribution is 7.89. The zero-order chi connectivity index (χ0) is 20.9. The molecule has 1 aliphatic rings. The van der Waals surface area contributed by atoms with Crippen molar-refractivity contribution in [1.82, 2.24) is 9.21 Å². The first kappa shape index (κ1) is 21.1. The number of nitrogens with zero attached hydrogens (tertiary/aromatic N) is 2. The molecule has 1 aliphatic heterocycles. The Labute approximate surface area is 172 Å². The maximum atomic E-state index is 12.9. The highest BCUT2D eigenvalue weighted by Crippen LogP contribution is 2.19. The summed E-state index contributed by atoms with van der Waals surface area (Å²) >= 11 is 0. The summed E-state index contributed by atoms with van der Waals surface area (Å²) in [7, 11) is -1.94. The van der Waals surface area contributed by atoms with Crippen LogP contribution in [0.4, 0.5) is 0 Å². The van der Waals surface area contributed by atoms with E-state index in [1.54, 1.807) is 42.4 Å². The smallest absolute Gasteiger partial charge is 0.246 e. The number of hydrogen-bond acceptors (Lipinski definition) is 4. The summed E-state index contributed by atoms with van der Waals surface area (Å²) in [6.07, 6.45) is 3.90. The molecule has 6 nitrogen and oxygen atoms in total. The third-order valence-corrected chi connectivity index (χ3v) is 6.87. The molecule has 0 saturated carbocycles. The molecule has 1 heterocycles. The second-order valence-corrected chi connectivity index (χ2v) is 8.94. The van der Waals surface area contributed by atoms with Crippen molar-refractivity contribution in [2.45, 2.75) is 18.2 Å². The predicted octanol–water partition coefficient (Wildman–Crippen LogP) is 2.94. The summed E-state index contributed by atoms with van der Waals surface area (Å²) in [6.45, 7) is 3.52. The summed E-state index contributed by atoms with van der Waals surface area (Å²) < 4.78 is 32.4. The molecule has 0 radical (unpaired) electrons. The van der Waals surface area contributed by atoms with E-state index in [0.717, 1.165) is 16.9 Å². The van der Waals surface area contributed by atoms with E-state index in [9.17, 15) is 13.2 Å². The van der Waals surface area contributed by atoms with E-state index in [-0.39, 0.29) is 5.91 Å². The quantitative estimate of drug-likeness (QED) is 0.706. The molecule has 0 unspecified atom stereocenters. The van der Waals surface area contributed by atoms with Crippen LogP contribution in [-0.2, 0) is 14.8 Å². The first-order valence-corrected chi connectivity index (χ1v) is 11.0. The van der Waals surface area contributed by atoms with Crippen molar-refractivity contribution in [3.8, 4) is 5.75 Å². The van der Waals surface area contributed by atoms with Gasteiger partial charge in [-0.3, -0.25) is 4.79 Å². The summed E-state index contributed by atoms with van der Waals surface area (Å²) in [5.74, 6) is 0.645. The second-order valence-electron chi connectivity index (χ2n) is 7.00. The van der Waals surface area contributed by atoms with Gasteiger partial charge in [-0.2, -0.15) is 4.31 Å². The number of carbonyl (C=O) groups excluding carboxylic acids is 1.